The summed E-state index contributed by atoms with van der Waals surface area (Å²) in [4.78, 5) is 49.2. The van der Waals surface area contributed by atoms with Gasteiger partial charge in [0.2, 0.25) is 0 Å². The van der Waals surface area contributed by atoms with Gasteiger partial charge >= 0.3 is 0 Å². The summed E-state index contributed by atoms with van der Waals surface area (Å²) in [5.41, 5.74) is 7.97. The number of aryl methyl sites for hydroxylation is 1. The molecule has 1 unspecified atom stereocenters. The zero-order chi connectivity index (χ0) is 29.7. The highest BCUT2D eigenvalue weighted by Gasteiger charge is 2.35. The quantitative estimate of drug-likeness (QED) is 0.216. The number of rotatable bonds is 8. The van der Waals surface area contributed by atoms with E-state index in [0.717, 1.165) is 29.5 Å². The first-order chi connectivity index (χ1) is 19.6. The second kappa shape index (κ2) is 12.5. The normalized spacial score (nSPS) is 15.4. The Labute approximate surface area is 238 Å². The number of nitrogens with one attached hydrogen (secondary N) is 1. The summed E-state index contributed by atoms with van der Waals surface area (Å²) in [6.07, 6.45) is 6.25. The van der Waals surface area contributed by atoms with E-state index in [1.54, 1.807) is 41.4 Å². The number of amides is 3. The first-order valence-electron chi connectivity index (χ1n) is 13.6. The van der Waals surface area contributed by atoms with E-state index in [-0.39, 0.29) is 28.8 Å². The predicted octanol–water partition coefficient (Wildman–Crippen LogP) is 3.73. The number of carbonyl (C=O) groups excluding carboxylic acids is 3. The minimum Gasteiger partial charge on any atom is -0.364 e. The number of allylic oxidation sites excluding steroid dienone is 1. The van der Waals surface area contributed by atoms with E-state index in [0.29, 0.717) is 35.7 Å². The second-order valence-corrected chi connectivity index (χ2v) is 10.3. The SMILES string of the molecule is CCc1ccnc(NC(=O)c2ccc(-c3nc(C4CCCCN4C(=O)C(C#N)=CC(C)C)n(N)c3C(N)=O)cc2)c1. The summed E-state index contributed by atoms with van der Waals surface area (Å²) in [5.74, 6) is 5.63. The molecule has 0 aliphatic carbocycles. The lowest BCUT2D eigenvalue weighted by Crippen LogP contribution is -2.41. The molecule has 0 radical (unpaired) electrons. The minimum absolute atomic E-state index is 0.0178. The fourth-order valence-corrected chi connectivity index (χ4v) is 4.94. The molecule has 1 atom stereocenters. The number of pyridine rings is 1. The van der Waals surface area contributed by atoms with E-state index in [9.17, 15) is 19.6 Å². The molecule has 11 heteroatoms. The Morgan fingerprint density at radius 3 is 2.56 bits per heavy atom. The third-order valence-electron chi connectivity index (χ3n) is 6.98. The summed E-state index contributed by atoms with van der Waals surface area (Å²) in [7, 11) is 0. The van der Waals surface area contributed by atoms with Gasteiger partial charge in [0.15, 0.2) is 11.5 Å². The number of piperidine rings is 1. The number of benzene rings is 1. The summed E-state index contributed by atoms with van der Waals surface area (Å²) in [6, 6.07) is 11.7. The van der Waals surface area contributed by atoms with E-state index >= 15 is 0 Å². The Bertz CT molecular complexity index is 1530. The van der Waals surface area contributed by atoms with Crippen molar-refractivity contribution < 1.29 is 14.4 Å². The van der Waals surface area contributed by atoms with Gasteiger partial charge in [0.25, 0.3) is 17.7 Å². The number of nitrogens with two attached hydrogens (primary N) is 2. The summed E-state index contributed by atoms with van der Waals surface area (Å²) >= 11 is 0. The first-order valence-corrected chi connectivity index (χ1v) is 13.6. The Kier molecular flexibility index (Phi) is 8.82. The van der Waals surface area contributed by atoms with Crippen LogP contribution >= 0.6 is 0 Å². The molecule has 3 amide bonds. The van der Waals surface area contributed by atoms with Crippen LogP contribution in [0.15, 0.2) is 54.2 Å². The molecule has 1 saturated heterocycles. The Balaban J connectivity index is 1.65. The largest absolute Gasteiger partial charge is 0.364 e. The van der Waals surface area contributed by atoms with Gasteiger partial charge in [-0.05, 0) is 61.4 Å². The van der Waals surface area contributed by atoms with Crippen LogP contribution < -0.4 is 16.9 Å². The van der Waals surface area contributed by atoms with Gasteiger partial charge in [-0.3, -0.25) is 14.4 Å². The molecule has 3 aromatic rings. The molecule has 1 aliphatic rings. The van der Waals surface area contributed by atoms with Crippen molar-refractivity contribution in [2.45, 2.75) is 52.5 Å². The smallest absolute Gasteiger partial charge is 0.269 e. The van der Waals surface area contributed by atoms with Gasteiger partial charge in [-0.25, -0.2) is 14.6 Å². The topological polar surface area (TPSA) is 173 Å². The van der Waals surface area contributed by atoms with Gasteiger partial charge in [-0.15, -0.1) is 0 Å². The monoisotopic (exact) mass is 554 g/mol. The molecule has 11 nitrogen and oxygen atoms in total. The van der Waals surface area contributed by atoms with Crippen molar-refractivity contribution >= 4 is 23.5 Å². The van der Waals surface area contributed by atoms with Crippen LogP contribution in [0.2, 0.25) is 0 Å². The van der Waals surface area contributed by atoms with Gasteiger partial charge in [0.1, 0.15) is 23.2 Å². The highest BCUT2D eigenvalue weighted by Crippen LogP contribution is 2.34. The van der Waals surface area contributed by atoms with Crippen LogP contribution in [0.3, 0.4) is 0 Å². The lowest BCUT2D eigenvalue weighted by molar-refractivity contribution is -0.130. The molecule has 0 spiro atoms. The molecule has 0 saturated carbocycles. The Morgan fingerprint density at radius 2 is 1.93 bits per heavy atom. The average Bonchev–Trinajstić information content (AvgIpc) is 3.32. The zero-order valence-electron chi connectivity index (χ0n) is 23.4. The summed E-state index contributed by atoms with van der Waals surface area (Å²) in [6.45, 7) is 6.23. The number of nitriles is 1. The molecule has 1 aromatic carbocycles. The molecule has 4 rings (SSSR count). The van der Waals surface area contributed by atoms with Gasteiger partial charge < -0.3 is 21.8 Å². The lowest BCUT2D eigenvalue weighted by atomic mass is 9.99. The molecule has 212 valence electrons. The highest BCUT2D eigenvalue weighted by molar-refractivity contribution is 6.04. The molecular formula is C30H34N8O3. The van der Waals surface area contributed by atoms with Crippen molar-refractivity contribution in [3.8, 4) is 17.3 Å². The second-order valence-electron chi connectivity index (χ2n) is 10.3. The number of likely N-dealkylation sites (tertiary alicyclic amines) is 1. The summed E-state index contributed by atoms with van der Waals surface area (Å²) in [5, 5.41) is 12.4. The maximum Gasteiger partial charge on any atom is 0.269 e. The molecule has 0 bridgehead atoms. The number of hydrogen-bond acceptors (Lipinski definition) is 7. The van der Waals surface area contributed by atoms with Gasteiger partial charge in [-0.1, -0.05) is 39.0 Å². The van der Waals surface area contributed by atoms with Crippen molar-refractivity contribution in [3.63, 3.8) is 0 Å². The van der Waals surface area contributed by atoms with Crippen molar-refractivity contribution in [3.05, 3.63) is 76.9 Å². The van der Waals surface area contributed by atoms with Gasteiger partial charge in [-0.2, -0.15) is 5.26 Å². The maximum atomic E-state index is 13.3. The molecule has 1 fully saturated rings. The number of aromatic nitrogens is 3. The van der Waals surface area contributed by atoms with Crippen LogP contribution in [0.5, 0.6) is 0 Å². The van der Waals surface area contributed by atoms with Gasteiger partial charge in [0, 0.05) is 23.9 Å². The summed E-state index contributed by atoms with van der Waals surface area (Å²) < 4.78 is 1.14. The first kappa shape index (κ1) is 29.0. The molecular weight excluding hydrogens is 520 g/mol. The van der Waals surface area contributed by atoms with Crippen LogP contribution in [-0.2, 0) is 11.2 Å². The van der Waals surface area contributed by atoms with Crippen molar-refractivity contribution in [2.24, 2.45) is 11.7 Å². The van der Waals surface area contributed by atoms with E-state index in [1.807, 2.05) is 39.0 Å². The molecule has 41 heavy (non-hydrogen) atoms. The molecule has 5 N–H and O–H groups in total. The number of nitrogen functional groups attached to an aromatic ring is 1. The van der Waals surface area contributed by atoms with Gasteiger partial charge in [0.05, 0.1) is 6.04 Å². The number of imidazole rings is 1. The maximum absolute atomic E-state index is 13.3. The van der Waals surface area contributed by atoms with Crippen LogP contribution in [0, 0.1) is 17.2 Å². The van der Waals surface area contributed by atoms with Crippen molar-refractivity contribution in [2.75, 3.05) is 17.7 Å². The zero-order valence-corrected chi connectivity index (χ0v) is 23.4. The molecule has 2 aromatic heterocycles. The van der Waals surface area contributed by atoms with Crippen LogP contribution in [0.1, 0.15) is 78.3 Å². The van der Waals surface area contributed by atoms with Crippen LogP contribution in [-0.4, -0.2) is 43.8 Å². The number of anilines is 1. The number of primary amides is 1. The standard InChI is InChI=1S/C30H34N8O3/c1-4-19-12-13-34-24(16-19)35-29(40)21-10-8-20(9-11-21)25-26(27(32)39)38(33)28(36-25)23-7-5-6-14-37(23)30(41)22(17-31)15-18(2)3/h8-13,15-16,18,23H,4-7,14,33H2,1-3H3,(H2,32,39)(H,34,35,40). The Hall–Kier alpha value is -4.98. The van der Waals surface area contributed by atoms with E-state index in [1.165, 1.54) is 0 Å². The Morgan fingerprint density at radius 1 is 1.20 bits per heavy atom. The van der Waals surface area contributed by atoms with Crippen LogP contribution in [0.4, 0.5) is 5.82 Å². The number of hydrogen-bond donors (Lipinski definition) is 3. The third-order valence-corrected chi connectivity index (χ3v) is 6.98. The third kappa shape index (κ3) is 6.27. The predicted molar refractivity (Wildman–Crippen MR) is 155 cm³/mol. The fourth-order valence-electron chi connectivity index (χ4n) is 4.94. The molecule has 1 aliphatic heterocycles. The van der Waals surface area contributed by atoms with Crippen molar-refractivity contribution in [1.29, 1.82) is 5.26 Å². The lowest BCUT2D eigenvalue weighted by Gasteiger charge is -2.35. The average molecular weight is 555 g/mol. The highest BCUT2D eigenvalue weighted by atomic mass is 16.2. The van der Waals surface area contributed by atoms with Crippen LogP contribution in [0.25, 0.3) is 11.3 Å². The van der Waals surface area contributed by atoms with E-state index in [4.69, 9.17) is 16.6 Å². The molecule has 3 heterocycles. The van der Waals surface area contributed by atoms with Crippen molar-refractivity contribution in [1.82, 2.24) is 19.5 Å². The fraction of sp³-hybridized carbons (Fsp3) is 0.333. The van der Waals surface area contributed by atoms with E-state index < -0.39 is 17.9 Å². The minimum atomic E-state index is -0.781. The number of nitrogens with zero attached hydrogens (tertiary/aromatic N) is 5. The van der Waals surface area contributed by atoms with E-state index in [2.05, 4.69) is 10.3 Å². The number of carbonyl (C=O) groups is 3.